The topological polar surface area (TPSA) is 41.6 Å². The summed E-state index contributed by atoms with van der Waals surface area (Å²) in [6, 6.07) is 8.57. The standard InChI is InChI=1S/C20H21F3N2O2/c1-13-6-5-7-15(18(13)27-2)19(26)24-16-12-14(20(21,22)23)8-9-17(16)25-10-3-4-11-25/h5-9,12H,3-4,10-11H2,1-2H3,(H,24,26). The van der Waals surface area contributed by atoms with Gasteiger partial charge in [-0.25, -0.2) is 0 Å². The third kappa shape index (κ3) is 4.02. The molecule has 0 unspecified atom stereocenters. The second-order valence-corrected chi connectivity index (χ2v) is 6.53. The van der Waals surface area contributed by atoms with Crippen molar-refractivity contribution >= 4 is 17.3 Å². The molecule has 0 bridgehead atoms. The van der Waals surface area contributed by atoms with Crippen LogP contribution in [0.15, 0.2) is 36.4 Å². The molecule has 7 heteroatoms. The highest BCUT2D eigenvalue weighted by molar-refractivity contribution is 6.08. The van der Waals surface area contributed by atoms with Crippen LogP contribution in [-0.2, 0) is 6.18 Å². The Morgan fingerprint density at radius 2 is 1.85 bits per heavy atom. The Hall–Kier alpha value is -2.70. The number of anilines is 2. The molecule has 2 aromatic rings. The molecule has 1 saturated heterocycles. The fourth-order valence-corrected chi connectivity index (χ4v) is 3.34. The van der Waals surface area contributed by atoms with E-state index in [1.54, 1.807) is 25.1 Å². The summed E-state index contributed by atoms with van der Waals surface area (Å²) < 4.78 is 44.8. The lowest BCUT2D eigenvalue weighted by molar-refractivity contribution is -0.137. The molecule has 0 aliphatic carbocycles. The van der Waals surface area contributed by atoms with Crippen LogP contribution in [-0.4, -0.2) is 26.1 Å². The number of halogens is 3. The number of carbonyl (C=O) groups excluding carboxylic acids is 1. The number of hydrogen-bond acceptors (Lipinski definition) is 3. The molecule has 0 radical (unpaired) electrons. The van der Waals surface area contributed by atoms with E-state index in [0.717, 1.165) is 43.6 Å². The minimum Gasteiger partial charge on any atom is -0.496 e. The Morgan fingerprint density at radius 1 is 1.15 bits per heavy atom. The van der Waals surface area contributed by atoms with E-state index < -0.39 is 17.6 Å². The predicted octanol–water partition coefficient (Wildman–Crippen LogP) is 4.87. The molecule has 1 N–H and O–H groups in total. The number of benzene rings is 2. The third-order valence-corrected chi connectivity index (χ3v) is 4.68. The number of aryl methyl sites for hydroxylation is 1. The summed E-state index contributed by atoms with van der Waals surface area (Å²) in [5, 5.41) is 2.66. The number of nitrogens with zero attached hydrogens (tertiary/aromatic N) is 1. The molecule has 0 saturated carbocycles. The normalized spacial score (nSPS) is 14.3. The van der Waals surface area contributed by atoms with Gasteiger partial charge in [0.05, 0.1) is 29.6 Å². The number of hydrogen-bond donors (Lipinski definition) is 1. The number of methoxy groups -OCH3 is 1. The van der Waals surface area contributed by atoms with Gasteiger partial charge in [-0.2, -0.15) is 13.2 Å². The maximum Gasteiger partial charge on any atom is 0.416 e. The van der Waals surface area contributed by atoms with Crippen LogP contribution in [0, 0.1) is 6.92 Å². The number of alkyl halides is 3. The largest absolute Gasteiger partial charge is 0.496 e. The summed E-state index contributed by atoms with van der Waals surface area (Å²) in [5.74, 6) is -0.0972. The van der Waals surface area contributed by atoms with Crippen LogP contribution >= 0.6 is 0 Å². The van der Waals surface area contributed by atoms with Gasteiger partial charge in [0.2, 0.25) is 0 Å². The fraction of sp³-hybridized carbons (Fsp3) is 0.350. The molecule has 144 valence electrons. The first-order chi connectivity index (χ1) is 12.8. The van der Waals surface area contributed by atoms with E-state index in [1.807, 2.05) is 4.90 Å². The number of para-hydroxylation sites is 1. The smallest absolute Gasteiger partial charge is 0.416 e. The van der Waals surface area contributed by atoms with Crippen molar-refractivity contribution in [2.75, 3.05) is 30.4 Å². The highest BCUT2D eigenvalue weighted by atomic mass is 19.4. The molecule has 1 fully saturated rings. The van der Waals surface area contributed by atoms with Crippen molar-refractivity contribution in [3.63, 3.8) is 0 Å². The van der Waals surface area contributed by atoms with Crippen LogP contribution in [0.5, 0.6) is 5.75 Å². The van der Waals surface area contributed by atoms with Gasteiger partial charge >= 0.3 is 6.18 Å². The van der Waals surface area contributed by atoms with Gasteiger partial charge in [-0.3, -0.25) is 4.79 Å². The number of ether oxygens (including phenoxy) is 1. The van der Waals surface area contributed by atoms with Crippen molar-refractivity contribution in [2.45, 2.75) is 25.9 Å². The van der Waals surface area contributed by atoms with Gasteiger partial charge in [0.1, 0.15) is 5.75 Å². The molecule has 4 nitrogen and oxygen atoms in total. The zero-order valence-corrected chi connectivity index (χ0v) is 15.2. The second kappa shape index (κ2) is 7.50. The molecular formula is C20H21F3N2O2. The average molecular weight is 378 g/mol. The van der Waals surface area contributed by atoms with E-state index in [1.165, 1.54) is 13.2 Å². The molecule has 2 aromatic carbocycles. The minimum atomic E-state index is -4.48. The molecule has 1 heterocycles. The lowest BCUT2D eigenvalue weighted by Gasteiger charge is -2.23. The van der Waals surface area contributed by atoms with Gasteiger partial charge in [-0.05, 0) is 49.6 Å². The van der Waals surface area contributed by atoms with Crippen LogP contribution in [0.2, 0.25) is 0 Å². The number of rotatable bonds is 4. The Labute approximate surface area is 155 Å². The highest BCUT2D eigenvalue weighted by Crippen LogP contribution is 2.37. The highest BCUT2D eigenvalue weighted by Gasteiger charge is 2.32. The molecule has 1 aliphatic heterocycles. The molecule has 0 aromatic heterocycles. The first-order valence-corrected chi connectivity index (χ1v) is 8.72. The van der Waals surface area contributed by atoms with Crippen molar-refractivity contribution in [3.05, 3.63) is 53.1 Å². The van der Waals surface area contributed by atoms with E-state index >= 15 is 0 Å². The maximum atomic E-state index is 13.2. The fourth-order valence-electron chi connectivity index (χ4n) is 3.34. The summed E-state index contributed by atoms with van der Waals surface area (Å²) in [6.45, 7) is 3.31. The summed E-state index contributed by atoms with van der Waals surface area (Å²) in [7, 11) is 1.46. The Morgan fingerprint density at radius 3 is 2.48 bits per heavy atom. The van der Waals surface area contributed by atoms with Crippen molar-refractivity contribution in [1.82, 2.24) is 0 Å². The van der Waals surface area contributed by atoms with Crippen LogP contribution < -0.4 is 15.0 Å². The zero-order valence-electron chi connectivity index (χ0n) is 15.2. The van der Waals surface area contributed by atoms with E-state index in [2.05, 4.69) is 5.32 Å². The van der Waals surface area contributed by atoms with Crippen LogP contribution in [0.1, 0.15) is 34.3 Å². The molecule has 27 heavy (non-hydrogen) atoms. The van der Waals surface area contributed by atoms with Gasteiger partial charge in [0.25, 0.3) is 5.91 Å². The molecular weight excluding hydrogens is 357 g/mol. The average Bonchev–Trinajstić information content (AvgIpc) is 3.15. The van der Waals surface area contributed by atoms with Crippen LogP contribution in [0.3, 0.4) is 0 Å². The second-order valence-electron chi connectivity index (χ2n) is 6.53. The Balaban J connectivity index is 1.99. The molecule has 1 amide bonds. The van der Waals surface area contributed by atoms with Gasteiger partial charge in [0, 0.05) is 13.1 Å². The maximum absolute atomic E-state index is 13.2. The van der Waals surface area contributed by atoms with Crippen molar-refractivity contribution < 1.29 is 22.7 Å². The van der Waals surface area contributed by atoms with Gasteiger partial charge in [-0.1, -0.05) is 12.1 Å². The van der Waals surface area contributed by atoms with E-state index in [4.69, 9.17) is 4.74 Å². The molecule has 3 rings (SSSR count). The first-order valence-electron chi connectivity index (χ1n) is 8.72. The van der Waals surface area contributed by atoms with Crippen LogP contribution in [0.4, 0.5) is 24.5 Å². The first kappa shape index (κ1) is 19.1. The summed E-state index contributed by atoms with van der Waals surface area (Å²) in [5.41, 5.74) is 1.01. The predicted molar refractivity (Wildman–Crippen MR) is 98.6 cm³/mol. The summed E-state index contributed by atoms with van der Waals surface area (Å²) in [6.07, 6.45) is -2.54. The van der Waals surface area contributed by atoms with Crippen molar-refractivity contribution in [3.8, 4) is 5.75 Å². The van der Waals surface area contributed by atoms with Crippen molar-refractivity contribution in [1.29, 1.82) is 0 Å². The third-order valence-electron chi connectivity index (χ3n) is 4.68. The van der Waals surface area contributed by atoms with E-state index in [9.17, 15) is 18.0 Å². The monoisotopic (exact) mass is 378 g/mol. The van der Waals surface area contributed by atoms with E-state index in [0.29, 0.717) is 11.4 Å². The summed E-state index contributed by atoms with van der Waals surface area (Å²) >= 11 is 0. The number of nitrogens with one attached hydrogen (secondary N) is 1. The Bertz CT molecular complexity index is 844. The summed E-state index contributed by atoms with van der Waals surface area (Å²) in [4.78, 5) is 14.8. The van der Waals surface area contributed by atoms with Gasteiger partial charge in [-0.15, -0.1) is 0 Å². The SMILES string of the molecule is COc1c(C)cccc1C(=O)Nc1cc(C(F)(F)F)ccc1N1CCCC1. The molecule has 0 atom stereocenters. The van der Waals surface area contributed by atoms with Crippen molar-refractivity contribution in [2.24, 2.45) is 0 Å². The molecule has 1 aliphatic rings. The van der Waals surface area contributed by atoms with Gasteiger partial charge in [0.15, 0.2) is 0 Å². The lowest BCUT2D eigenvalue weighted by Crippen LogP contribution is -2.22. The Kier molecular flexibility index (Phi) is 5.30. The zero-order chi connectivity index (χ0) is 19.6. The quantitative estimate of drug-likeness (QED) is 0.825. The minimum absolute atomic E-state index is 0.153. The number of carbonyl (C=O) groups is 1. The van der Waals surface area contributed by atoms with Gasteiger partial charge < -0.3 is 15.0 Å². The number of amides is 1. The lowest BCUT2D eigenvalue weighted by atomic mass is 10.1. The van der Waals surface area contributed by atoms with Crippen LogP contribution in [0.25, 0.3) is 0 Å². The van der Waals surface area contributed by atoms with E-state index in [-0.39, 0.29) is 11.3 Å². The molecule has 0 spiro atoms.